The second-order valence-electron chi connectivity index (χ2n) is 3.27. The molecule has 2 aromatic rings. The van der Waals surface area contributed by atoms with Crippen molar-refractivity contribution in [2.24, 2.45) is 5.73 Å². The zero-order valence-corrected chi connectivity index (χ0v) is 9.33. The standard InChI is InChI=1S/C11H11N3OS/c12-11(16)8-1-3-9(4-2-8)13-7-10-5-6-14-15-10/h1-6,13H,7H2,(H2,12,16). The van der Waals surface area contributed by atoms with Crippen LogP contribution < -0.4 is 11.1 Å². The molecule has 0 atom stereocenters. The van der Waals surface area contributed by atoms with Crippen LogP contribution >= 0.6 is 12.2 Å². The molecule has 3 N–H and O–H groups in total. The van der Waals surface area contributed by atoms with Crippen LogP contribution in [0.25, 0.3) is 0 Å². The Morgan fingerprint density at radius 1 is 1.31 bits per heavy atom. The lowest BCUT2D eigenvalue weighted by Crippen LogP contribution is -2.09. The molecule has 0 spiro atoms. The molecule has 1 aromatic heterocycles. The molecule has 16 heavy (non-hydrogen) atoms. The Labute approximate surface area is 98.4 Å². The summed E-state index contributed by atoms with van der Waals surface area (Å²) in [6, 6.07) is 9.42. The maximum absolute atomic E-state index is 5.50. The highest BCUT2D eigenvalue weighted by atomic mass is 32.1. The van der Waals surface area contributed by atoms with Gasteiger partial charge in [-0.25, -0.2) is 0 Å². The summed E-state index contributed by atoms with van der Waals surface area (Å²) in [5.74, 6) is 0.790. The third-order valence-corrected chi connectivity index (χ3v) is 2.36. The first-order valence-electron chi connectivity index (χ1n) is 4.79. The van der Waals surface area contributed by atoms with E-state index < -0.39 is 0 Å². The Morgan fingerprint density at radius 2 is 2.06 bits per heavy atom. The van der Waals surface area contributed by atoms with Gasteiger partial charge in [0.05, 0.1) is 12.7 Å². The van der Waals surface area contributed by atoms with Crippen molar-refractivity contribution in [2.45, 2.75) is 6.54 Å². The van der Waals surface area contributed by atoms with E-state index in [9.17, 15) is 0 Å². The van der Waals surface area contributed by atoms with Crippen molar-refractivity contribution in [1.29, 1.82) is 0 Å². The van der Waals surface area contributed by atoms with Crippen molar-refractivity contribution in [3.8, 4) is 0 Å². The lowest BCUT2D eigenvalue weighted by atomic mass is 10.2. The van der Waals surface area contributed by atoms with Crippen molar-refractivity contribution in [2.75, 3.05) is 5.32 Å². The van der Waals surface area contributed by atoms with E-state index >= 15 is 0 Å². The van der Waals surface area contributed by atoms with Gasteiger partial charge < -0.3 is 15.6 Å². The smallest absolute Gasteiger partial charge is 0.155 e. The van der Waals surface area contributed by atoms with Crippen LogP contribution in [0.3, 0.4) is 0 Å². The summed E-state index contributed by atoms with van der Waals surface area (Å²) in [7, 11) is 0. The summed E-state index contributed by atoms with van der Waals surface area (Å²) in [6.07, 6.45) is 1.62. The van der Waals surface area contributed by atoms with Crippen LogP contribution in [0.5, 0.6) is 0 Å². The third-order valence-electron chi connectivity index (χ3n) is 2.13. The fraction of sp³-hybridized carbons (Fsp3) is 0.0909. The van der Waals surface area contributed by atoms with Gasteiger partial charge in [-0.2, -0.15) is 0 Å². The summed E-state index contributed by atoms with van der Waals surface area (Å²) in [5.41, 5.74) is 7.35. The van der Waals surface area contributed by atoms with Crippen LogP contribution in [0.15, 0.2) is 41.1 Å². The highest BCUT2D eigenvalue weighted by molar-refractivity contribution is 7.80. The van der Waals surface area contributed by atoms with Crippen molar-refractivity contribution in [3.05, 3.63) is 47.9 Å². The zero-order chi connectivity index (χ0) is 11.4. The number of thiocarbonyl (C=S) groups is 1. The van der Waals surface area contributed by atoms with Crippen LogP contribution in [-0.4, -0.2) is 10.1 Å². The van der Waals surface area contributed by atoms with E-state index in [-0.39, 0.29) is 0 Å². The highest BCUT2D eigenvalue weighted by Gasteiger charge is 1.98. The van der Waals surface area contributed by atoms with Crippen LogP contribution in [0.4, 0.5) is 5.69 Å². The predicted molar refractivity (Wildman–Crippen MR) is 66.2 cm³/mol. The molecular weight excluding hydrogens is 222 g/mol. The number of nitrogens with one attached hydrogen (secondary N) is 1. The lowest BCUT2D eigenvalue weighted by Gasteiger charge is -2.04. The number of anilines is 1. The number of hydrogen-bond acceptors (Lipinski definition) is 4. The molecule has 0 saturated carbocycles. The van der Waals surface area contributed by atoms with Crippen molar-refractivity contribution >= 4 is 22.9 Å². The van der Waals surface area contributed by atoms with E-state index in [1.165, 1.54) is 0 Å². The first-order valence-corrected chi connectivity index (χ1v) is 5.20. The molecule has 4 nitrogen and oxygen atoms in total. The largest absolute Gasteiger partial charge is 0.389 e. The molecule has 0 aliphatic rings. The van der Waals surface area contributed by atoms with E-state index in [4.69, 9.17) is 22.5 Å². The molecule has 1 aromatic carbocycles. The van der Waals surface area contributed by atoms with Crippen LogP contribution in [-0.2, 0) is 6.54 Å². The van der Waals surface area contributed by atoms with Gasteiger partial charge in [-0.1, -0.05) is 17.4 Å². The van der Waals surface area contributed by atoms with Gasteiger partial charge in [-0.15, -0.1) is 0 Å². The molecule has 0 aliphatic heterocycles. The van der Waals surface area contributed by atoms with Crippen molar-refractivity contribution < 1.29 is 4.52 Å². The minimum absolute atomic E-state index is 0.404. The average molecular weight is 233 g/mol. The van der Waals surface area contributed by atoms with Crippen LogP contribution in [0.1, 0.15) is 11.3 Å². The maximum atomic E-state index is 5.50. The lowest BCUT2D eigenvalue weighted by molar-refractivity contribution is 0.388. The Morgan fingerprint density at radius 3 is 2.62 bits per heavy atom. The Hall–Kier alpha value is -1.88. The zero-order valence-electron chi connectivity index (χ0n) is 8.51. The van der Waals surface area contributed by atoms with Gasteiger partial charge in [-0.3, -0.25) is 0 Å². The number of nitrogens with two attached hydrogens (primary N) is 1. The Balaban J connectivity index is 1.98. The summed E-state index contributed by atoms with van der Waals surface area (Å²) in [5, 5.41) is 6.82. The van der Waals surface area contributed by atoms with E-state index in [2.05, 4.69) is 10.5 Å². The first kappa shape index (κ1) is 10.6. The number of nitrogens with zero attached hydrogens (tertiary/aromatic N) is 1. The molecule has 0 aliphatic carbocycles. The Kier molecular flexibility index (Phi) is 3.16. The summed E-state index contributed by atoms with van der Waals surface area (Å²) < 4.78 is 4.96. The topological polar surface area (TPSA) is 64.1 Å². The minimum atomic E-state index is 0.404. The van der Waals surface area contributed by atoms with E-state index in [1.807, 2.05) is 30.3 Å². The predicted octanol–water partition coefficient (Wildman–Crippen LogP) is 1.92. The maximum Gasteiger partial charge on any atom is 0.155 e. The number of hydrogen-bond donors (Lipinski definition) is 2. The molecule has 0 unspecified atom stereocenters. The monoisotopic (exact) mass is 233 g/mol. The number of benzene rings is 1. The van der Waals surface area contributed by atoms with Gasteiger partial charge in [-0.05, 0) is 24.3 Å². The molecule has 2 rings (SSSR count). The van der Waals surface area contributed by atoms with E-state index in [0.29, 0.717) is 11.5 Å². The summed E-state index contributed by atoms with van der Waals surface area (Å²) in [4.78, 5) is 0.404. The van der Waals surface area contributed by atoms with Crippen molar-refractivity contribution in [3.63, 3.8) is 0 Å². The second-order valence-corrected chi connectivity index (χ2v) is 3.71. The van der Waals surface area contributed by atoms with E-state index in [0.717, 1.165) is 17.0 Å². The highest BCUT2D eigenvalue weighted by Crippen LogP contribution is 2.11. The molecule has 0 saturated heterocycles. The minimum Gasteiger partial charge on any atom is -0.389 e. The van der Waals surface area contributed by atoms with Crippen LogP contribution in [0, 0.1) is 0 Å². The molecule has 5 heteroatoms. The third kappa shape index (κ3) is 2.58. The van der Waals surface area contributed by atoms with Gasteiger partial charge in [0.25, 0.3) is 0 Å². The van der Waals surface area contributed by atoms with Crippen molar-refractivity contribution in [1.82, 2.24) is 5.16 Å². The quantitative estimate of drug-likeness (QED) is 0.790. The van der Waals surface area contributed by atoms with E-state index in [1.54, 1.807) is 6.20 Å². The van der Waals surface area contributed by atoms with Gasteiger partial charge in [0.2, 0.25) is 0 Å². The van der Waals surface area contributed by atoms with Crippen LogP contribution in [0.2, 0.25) is 0 Å². The SMILES string of the molecule is NC(=S)c1ccc(NCc2ccno2)cc1. The first-order chi connectivity index (χ1) is 7.75. The summed E-state index contributed by atoms with van der Waals surface area (Å²) in [6.45, 7) is 0.604. The molecule has 1 heterocycles. The average Bonchev–Trinajstić information content (AvgIpc) is 2.80. The molecule has 0 amide bonds. The van der Waals surface area contributed by atoms with Gasteiger partial charge in [0.1, 0.15) is 4.99 Å². The molecule has 0 bridgehead atoms. The molecule has 82 valence electrons. The Bertz CT molecular complexity index is 464. The van der Waals surface area contributed by atoms with Gasteiger partial charge in [0, 0.05) is 17.3 Å². The number of aromatic nitrogens is 1. The van der Waals surface area contributed by atoms with Gasteiger partial charge >= 0.3 is 0 Å². The number of rotatable bonds is 4. The normalized spacial score (nSPS) is 10.0. The second kappa shape index (κ2) is 4.76. The fourth-order valence-corrected chi connectivity index (χ4v) is 1.41. The fourth-order valence-electron chi connectivity index (χ4n) is 1.27. The summed E-state index contributed by atoms with van der Waals surface area (Å²) >= 11 is 4.87. The molecular formula is C11H11N3OS. The van der Waals surface area contributed by atoms with Gasteiger partial charge in [0.15, 0.2) is 5.76 Å². The molecule has 0 fully saturated rings. The molecule has 0 radical (unpaired) electrons.